The van der Waals surface area contributed by atoms with Crippen LogP contribution in [0, 0.1) is 0 Å². The van der Waals surface area contributed by atoms with Crippen molar-refractivity contribution in [2.45, 2.75) is 37.1 Å². The van der Waals surface area contributed by atoms with E-state index in [1.54, 1.807) is 35.2 Å². The zero-order valence-electron chi connectivity index (χ0n) is 15.0. The molecule has 2 aromatic carbocycles. The summed E-state index contributed by atoms with van der Waals surface area (Å²) < 4.78 is 33.2. The van der Waals surface area contributed by atoms with Gasteiger partial charge in [0.05, 0.1) is 11.4 Å². The molecule has 1 N–H and O–H groups in total. The molecule has 27 heavy (non-hydrogen) atoms. The fraction of sp³-hybridized carbons (Fsp3) is 0.350. The molecule has 2 aromatic rings. The number of carbonyl (C=O) groups is 1. The van der Waals surface area contributed by atoms with E-state index in [-0.39, 0.29) is 11.0 Å². The number of fused-ring (bicyclic) bond motifs is 1. The Bertz CT molecular complexity index is 972. The van der Waals surface area contributed by atoms with Crippen LogP contribution in [-0.4, -0.2) is 32.6 Å². The maximum Gasteiger partial charge on any atom is 0.410 e. The molecule has 1 aliphatic heterocycles. The lowest BCUT2D eigenvalue weighted by Crippen LogP contribution is -2.23. The smallest absolute Gasteiger partial charge is 0.410 e. The largest absolute Gasteiger partial charge is 0.448 e. The zero-order valence-corrected chi connectivity index (χ0v) is 15.8. The molecule has 0 aromatic heterocycles. The molecule has 4 rings (SSSR count). The molecule has 6 nitrogen and oxygen atoms in total. The molecule has 1 amide bonds. The minimum Gasteiger partial charge on any atom is -0.448 e. The molecular formula is C20H22N2O4S. The maximum absolute atomic E-state index is 12.8. The molecular weight excluding hydrogens is 364 g/mol. The van der Waals surface area contributed by atoms with Crippen molar-refractivity contribution in [3.05, 3.63) is 59.2 Å². The van der Waals surface area contributed by atoms with E-state index in [0.717, 1.165) is 36.8 Å². The second kappa shape index (κ2) is 7.23. The summed E-state index contributed by atoms with van der Waals surface area (Å²) in [6.45, 7) is 1.33. The molecule has 0 saturated carbocycles. The first kappa shape index (κ1) is 17.9. The van der Waals surface area contributed by atoms with Crippen LogP contribution in [0.3, 0.4) is 0 Å². The van der Waals surface area contributed by atoms with E-state index < -0.39 is 10.0 Å². The standard InChI is InChI=1S/C20H22N2O4S/c23-20-22(10-11-26-20)14-15-4-3-7-18(12-15)21-27(24,25)19-9-8-16-5-1-2-6-17(16)13-19/h3-4,7-9,12-13,21H,1-2,5-6,10-11,14H2. The van der Waals surface area contributed by atoms with Gasteiger partial charge < -0.3 is 9.64 Å². The predicted octanol–water partition coefficient (Wildman–Crippen LogP) is 3.32. The summed E-state index contributed by atoms with van der Waals surface area (Å²) in [5.41, 5.74) is 3.71. The number of anilines is 1. The molecule has 1 aliphatic carbocycles. The van der Waals surface area contributed by atoms with Crippen LogP contribution in [-0.2, 0) is 34.1 Å². The van der Waals surface area contributed by atoms with Crippen molar-refractivity contribution in [2.24, 2.45) is 0 Å². The summed E-state index contributed by atoms with van der Waals surface area (Å²) in [6.07, 6.45) is 3.87. The first-order valence-electron chi connectivity index (χ1n) is 9.16. The third-order valence-electron chi connectivity index (χ3n) is 5.03. The summed E-state index contributed by atoms with van der Waals surface area (Å²) in [7, 11) is -3.66. The fourth-order valence-electron chi connectivity index (χ4n) is 3.61. The highest BCUT2D eigenvalue weighted by Crippen LogP contribution is 2.25. The fourth-order valence-corrected chi connectivity index (χ4v) is 4.71. The number of rotatable bonds is 5. The Balaban J connectivity index is 1.52. The van der Waals surface area contributed by atoms with Gasteiger partial charge in [-0.1, -0.05) is 18.2 Å². The number of nitrogens with one attached hydrogen (secondary N) is 1. The Morgan fingerprint density at radius 3 is 2.63 bits per heavy atom. The number of carbonyl (C=O) groups excluding carboxylic acids is 1. The Labute approximate surface area is 159 Å². The second-order valence-corrected chi connectivity index (χ2v) is 8.66. The molecule has 0 bridgehead atoms. The number of aryl methyl sites for hydroxylation is 2. The lowest BCUT2D eigenvalue weighted by Gasteiger charge is -2.17. The Kier molecular flexibility index (Phi) is 4.78. The normalized spacial score (nSPS) is 16.7. The number of ether oxygens (including phenoxy) is 1. The van der Waals surface area contributed by atoms with Gasteiger partial charge in [0, 0.05) is 12.2 Å². The van der Waals surface area contributed by atoms with Crippen LogP contribution in [0.2, 0.25) is 0 Å². The highest BCUT2D eigenvalue weighted by atomic mass is 32.2. The molecule has 7 heteroatoms. The second-order valence-electron chi connectivity index (χ2n) is 6.98. The number of cyclic esters (lactones) is 1. The molecule has 1 fully saturated rings. The third-order valence-corrected chi connectivity index (χ3v) is 6.41. The quantitative estimate of drug-likeness (QED) is 0.855. The summed E-state index contributed by atoms with van der Waals surface area (Å²) in [5, 5.41) is 0. The summed E-state index contributed by atoms with van der Waals surface area (Å²) >= 11 is 0. The van der Waals surface area contributed by atoms with Gasteiger partial charge in [0.25, 0.3) is 10.0 Å². The summed E-state index contributed by atoms with van der Waals surface area (Å²) in [6, 6.07) is 12.5. The van der Waals surface area contributed by atoms with Crippen molar-refractivity contribution >= 4 is 21.8 Å². The number of amides is 1. The van der Waals surface area contributed by atoms with Gasteiger partial charge in [-0.3, -0.25) is 4.72 Å². The van der Waals surface area contributed by atoms with E-state index in [0.29, 0.717) is 25.4 Å². The highest BCUT2D eigenvalue weighted by molar-refractivity contribution is 7.92. The van der Waals surface area contributed by atoms with Crippen molar-refractivity contribution in [1.82, 2.24) is 4.90 Å². The molecule has 1 heterocycles. The maximum atomic E-state index is 12.8. The van der Waals surface area contributed by atoms with Crippen molar-refractivity contribution in [3.8, 4) is 0 Å². The zero-order chi connectivity index (χ0) is 18.9. The molecule has 0 radical (unpaired) electrons. The van der Waals surface area contributed by atoms with Crippen LogP contribution >= 0.6 is 0 Å². The molecule has 1 saturated heterocycles. The van der Waals surface area contributed by atoms with Crippen LogP contribution in [0.25, 0.3) is 0 Å². The molecule has 0 unspecified atom stereocenters. The SMILES string of the molecule is O=C1OCCN1Cc1cccc(NS(=O)(=O)c2ccc3c(c2)CCCC3)c1. The van der Waals surface area contributed by atoms with E-state index in [1.807, 2.05) is 12.1 Å². The van der Waals surface area contributed by atoms with E-state index in [1.165, 1.54) is 5.56 Å². The van der Waals surface area contributed by atoms with Gasteiger partial charge in [-0.2, -0.15) is 0 Å². The van der Waals surface area contributed by atoms with Gasteiger partial charge in [0.2, 0.25) is 0 Å². The van der Waals surface area contributed by atoms with Crippen molar-refractivity contribution in [2.75, 3.05) is 17.9 Å². The summed E-state index contributed by atoms with van der Waals surface area (Å²) in [4.78, 5) is 13.5. The monoisotopic (exact) mass is 386 g/mol. The van der Waals surface area contributed by atoms with Gasteiger partial charge in [-0.25, -0.2) is 13.2 Å². The lowest BCUT2D eigenvalue weighted by molar-refractivity contribution is 0.157. The van der Waals surface area contributed by atoms with Crippen molar-refractivity contribution < 1.29 is 17.9 Å². The van der Waals surface area contributed by atoms with Crippen molar-refractivity contribution in [3.63, 3.8) is 0 Å². The summed E-state index contributed by atoms with van der Waals surface area (Å²) in [5.74, 6) is 0. The van der Waals surface area contributed by atoms with Crippen LogP contribution < -0.4 is 4.72 Å². The van der Waals surface area contributed by atoms with Gasteiger partial charge >= 0.3 is 6.09 Å². The Morgan fingerprint density at radius 2 is 1.85 bits per heavy atom. The van der Waals surface area contributed by atoms with Crippen LogP contribution in [0.1, 0.15) is 29.5 Å². The van der Waals surface area contributed by atoms with Gasteiger partial charge in [0.1, 0.15) is 6.61 Å². The lowest BCUT2D eigenvalue weighted by atomic mass is 9.92. The van der Waals surface area contributed by atoms with Crippen LogP contribution in [0.4, 0.5) is 10.5 Å². The highest BCUT2D eigenvalue weighted by Gasteiger charge is 2.22. The minimum atomic E-state index is -3.66. The van der Waals surface area contributed by atoms with Crippen molar-refractivity contribution in [1.29, 1.82) is 0 Å². The third kappa shape index (κ3) is 3.93. The van der Waals surface area contributed by atoms with Gasteiger partial charge in [-0.15, -0.1) is 0 Å². The van der Waals surface area contributed by atoms with E-state index in [4.69, 9.17) is 4.74 Å². The topological polar surface area (TPSA) is 75.7 Å². The van der Waals surface area contributed by atoms with E-state index in [9.17, 15) is 13.2 Å². The first-order chi connectivity index (χ1) is 13.0. The number of benzene rings is 2. The van der Waals surface area contributed by atoms with Gasteiger partial charge in [0.15, 0.2) is 0 Å². The number of sulfonamides is 1. The first-order valence-corrected chi connectivity index (χ1v) is 10.6. The Morgan fingerprint density at radius 1 is 1.04 bits per heavy atom. The number of hydrogen-bond donors (Lipinski definition) is 1. The van der Waals surface area contributed by atoms with Crippen LogP contribution in [0.5, 0.6) is 0 Å². The number of nitrogens with zero attached hydrogens (tertiary/aromatic N) is 1. The average Bonchev–Trinajstić information content (AvgIpc) is 3.06. The molecule has 0 atom stereocenters. The van der Waals surface area contributed by atoms with E-state index >= 15 is 0 Å². The van der Waals surface area contributed by atoms with Gasteiger partial charge in [-0.05, 0) is 66.6 Å². The minimum absolute atomic E-state index is 0.289. The molecule has 0 spiro atoms. The average molecular weight is 386 g/mol. The molecule has 142 valence electrons. The van der Waals surface area contributed by atoms with E-state index in [2.05, 4.69) is 4.72 Å². The number of hydrogen-bond acceptors (Lipinski definition) is 4. The van der Waals surface area contributed by atoms with Crippen LogP contribution in [0.15, 0.2) is 47.4 Å². The molecule has 2 aliphatic rings. The Hall–Kier alpha value is -2.54. The predicted molar refractivity (Wildman–Crippen MR) is 102 cm³/mol.